The Morgan fingerprint density at radius 3 is 0.395 bits per heavy atom. The fraction of sp³-hybridized carbons (Fsp3) is 0.148. The van der Waals surface area contributed by atoms with Crippen LogP contribution in [0.5, 0.6) is 0 Å². The summed E-state index contributed by atoms with van der Waals surface area (Å²) in [6.45, 7) is 16.6. The Balaban J connectivity index is 0.000000280. The number of terminal acetylenes is 1. The van der Waals surface area contributed by atoms with E-state index in [0.717, 1.165) is 100 Å². The molecule has 0 bridgehead atoms. The second kappa shape index (κ2) is 42.0. The van der Waals surface area contributed by atoms with E-state index in [1.807, 2.05) is 121 Å². The lowest BCUT2D eigenvalue weighted by Gasteiger charge is -2.37. The molecular weight excluding hydrogens is 1970 g/mol. The summed E-state index contributed by atoms with van der Waals surface area (Å²) in [4.78, 5) is 0. The second-order valence-electron chi connectivity index (χ2n) is 31.9. The van der Waals surface area contributed by atoms with E-state index in [0.29, 0.717) is 0 Å². The second-order valence-corrected chi connectivity index (χ2v) is 36.9. The number of benzene rings is 13. The van der Waals surface area contributed by atoms with Crippen molar-refractivity contribution >= 4 is 90.4 Å². The first-order chi connectivity index (χ1) is 59.0. The zero-order valence-electron chi connectivity index (χ0n) is 70.3. The van der Waals surface area contributed by atoms with Gasteiger partial charge in [0.25, 0.3) is 0 Å². The molecule has 13 aromatic carbocycles. The molecule has 0 fully saturated rings. The monoisotopic (exact) mass is 2060 g/mol. The van der Waals surface area contributed by atoms with Gasteiger partial charge in [0, 0.05) is 92.2 Å². The SMILES string of the molecule is C#Cc1ccc(C#CC(C)(C)O)cc1.CC(C)(O)C#Cc1ccc(C#Cc2ccc(C(c3ccc(C#Cc4ccc(C#CC(C)(C)O)cc4)cc3)(c3ccc(C#Cc4ccc(C#CC(C)(C)O)cc4)cc3)c3ccc(C#Cc4ccc(C#CC(C)(C)O)cc4)cc3)cc2)cc1.Ic1ccc(C(c2ccc(I)cc2)(c2ccc(I)cc2)c2ccc(I)cc2)cc1. The molecule has 0 amide bonds. The van der Waals surface area contributed by atoms with Crippen molar-refractivity contribution in [2.24, 2.45) is 0 Å². The average molecular weight is 2060 g/mol. The Morgan fingerprint density at radius 1 is 0.169 bits per heavy atom. The third kappa shape index (κ3) is 27.6. The fourth-order valence-corrected chi connectivity index (χ4v) is 14.4. The lowest BCUT2D eigenvalue weighted by Crippen LogP contribution is -2.31. The van der Waals surface area contributed by atoms with Gasteiger partial charge >= 0.3 is 0 Å². The van der Waals surface area contributed by atoms with Gasteiger partial charge in [0.05, 0.1) is 10.8 Å². The van der Waals surface area contributed by atoms with Crippen LogP contribution in [0.2, 0.25) is 0 Å². The van der Waals surface area contributed by atoms with Gasteiger partial charge in [-0.25, -0.2) is 0 Å². The first kappa shape index (κ1) is 92.9. The predicted octanol–water partition coefficient (Wildman–Crippen LogP) is 22.4. The highest BCUT2D eigenvalue weighted by atomic mass is 127. The van der Waals surface area contributed by atoms with Crippen molar-refractivity contribution in [3.8, 4) is 119 Å². The van der Waals surface area contributed by atoms with E-state index in [-0.39, 0.29) is 5.41 Å². The summed E-state index contributed by atoms with van der Waals surface area (Å²) in [5, 5.41) is 49.7. The first-order valence-electron chi connectivity index (χ1n) is 39.8. The van der Waals surface area contributed by atoms with Gasteiger partial charge in [-0.2, -0.15) is 0 Å². The van der Waals surface area contributed by atoms with Gasteiger partial charge < -0.3 is 25.5 Å². The number of halogens is 4. The van der Waals surface area contributed by atoms with E-state index in [9.17, 15) is 25.5 Å². The van der Waals surface area contributed by atoms with Gasteiger partial charge in [-0.3, -0.25) is 0 Å². The van der Waals surface area contributed by atoms with E-state index < -0.39 is 33.4 Å². The molecule has 0 aliphatic rings. The van der Waals surface area contributed by atoms with Gasteiger partial charge in [0.1, 0.15) is 28.0 Å². The van der Waals surface area contributed by atoms with Gasteiger partial charge in [-0.05, 0) is 422 Å². The lowest BCUT2D eigenvalue weighted by atomic mass is 9.65. The van der Waals surface area contributed by atoms with Crippen molar-refractivity contribution in [2.75, 3.05) is 0 Å². The molecule has 0 saturated heterocycles. The molecular formula is C115H88I4O5. The van der Waals surface area contributed by atoms with Crippen molar-refractivity contribution in [3.63, 3.8) is 0 Å². The van der Waals surface area contributed by atoms with Crippen LogP contribution in [0.15, 0.2) is 315 Å². The molecule has 9 heteroatoms. The molecule has 0 aromatic heterocycles. The molecule has 0 unspecified atom stereocenters. The standard InChI is InChI=1S/C77H60O4.C25H16I4.C13H12O/c1-73(2,78)53-49-65-25-17-57(18-26-65)9-13-61-33-41-69(42-34-61)77(70-43-35-62(36-44-70)14-10-58-19-27-66(28-20-58)50-54-74(3,4)79,71-45-37-63(38-46-71)15-11-59-21-29-67(30-22-59)51-55-75(5,6)80)72-47-39-64(40-48-72)16-12-60-23-31-68(32-24-60)52-56-76(7,8)81;26-21-9-1-17(2-10-21)25(18-3-11-22(27)12-4-18,19-5-13-23(28)14-6-19)20-7-15-24(29)16-8-20;1-4-11-5-7-12(8-6-11)9-10-13(2,3)14/h17-48,78-81H,1-8H3;1-16H;1,5-8,14H,2-3H3. The first-order valence-corrected chi connectivity index (χ1v) is 44.2. The van der Waals surface area contributed by atoms with E-state index in [4.69, 9.17) is 6.42 Å². The molecule has 0 saturated carbocycles. The number of aliphatic hydroxyl groups is 5. The van der Waals surface area contributed by atoms with Gasteiger partial charge in [-0.15, -0.1) is 6.42 Å². The quantitative estimate of drug-likeness (QED) is 0.0593. The van der Waals surface area contributed by atoms with Crippen LogP contribution in [0.3, 0.4) is 0 Å². The van der Waals surface area contributed by atoms with Crippen molar-refractivity contribution in [2.45, 2.75) is 108 Å². The van der Waals surface area contributed by atoms with Crippen molar-refractivity contribution in [1.29, 1.82) is 0 Å². The molecule has 606 valence electrons. The van der Waals surface area contributed by atoms with Crippen molar-refractivity contribution in [1.82, 2.24) is 0 Å². The van der Waals surface area contributed by atoms with Crippen LogP contribution >= 0.6 is 90.4 Å². The molecule has 0 atom stereocenters. The van der Waals surface area contributed by atoms with E-state index in [2.05, 4.69) is 397 Å². The molecule has 0 aliphatic carbocycles. The maximum Gasteiger partial charge on any atom is 0.120 e. The van der Waals surface area contributed by atoms with Gasteiger partial charge in [-0.1, -0.05) is 210 Å². The third-order valence-corrected chi connectivity index (χ3v) is 21.8. The third-order valence-electron chi connectivity index (χ3n) is 18.9. The molecule has 0 radical (unpaired) electrons. The highest BCUT2D eigenvalue weighted by molar-refractivity contribution is 14.1. The summed E-state index contributed by atoms with van der Waals surface area (Å²) < 4.78 is 4.97. The molecule has 124 heavy (non-hydrogen) atoms. The van der Waals surface area contributed by atoms with Gasteiger partial charge in [0.15, 0.2) is 0 Å². The summed E-state index contributed by atoms with van der Waals surface area (Å²) in [6, 6.07) is 108. The summed E-state index contributed by atoms with van der Waals surface area (Å²) in [6.07, 6.45) is 5.22. The van der Waals surface area contributed by atoms with E-state index in [1.54, 1.807) is 69.2 Å². The topological polar surface area (TPSA) is 101 Å². The number of hydrogen-bond donors (Lipinski definition) is 5. The van der Waals surface area contributed by atoms with Gasteiger partial charge in [0.2, 0.25) is 0 Å². The van der Waals surface area contributed by atoms with Crippen LogP contribution in [-0.4, -0.2) is 53.5 Å². The molecule has 0 aliphatic heterocycles. The summed E-state index contributed by atoms with van der Waals surface area (Å²) in [5.41, 5.74) is 14.2. The molecule has 13 aromatic rings. The number of hydrogen-bond acceptors (Lipinski definition) is 5. The van der Waals surface area contributed by atoms with Crippen LogP contribution in [0.4, 0.5) is 0 Å². The Hall–Kier alpha value is -11.8. The van der Waals surface area contributed by atoms with E-state index in [1.165, 1.54) is 36.5 Å². The minimum Gasteiger partial charge on any atom is -0.378 e. The number of rotatable bonds is 8. The lowest BCUT2D eigenvalue weighted by molar-refractivity contribution is 0.143. The van der Waals surface area contributed by atoms with Crippen LogP contribution in [0, 0.1) is 133 Å². The smallest absolute Gasteiger partial charge is 0.120 e. The summed E-state index contributed by atoms with van der Waals surface area (Å²) >= 11 is 9.52. The Morgan fingerprint density at radius 2 is 0.274 bits per heavy atom. The Kier molecular flexibility index (Phi) is 31.5. The molecule has 5 nitrogen and oxygen atoms in total. The van der Waals surface area contributed by atoms with Crippen molar-refractivity contribution < 1.29 is 25.5 Å². The Labute approximate surface area is 787 Å². The zero-order valence-corrected chi connectivity index (χ0v) is 79.0. The molecule has 5 N–H and O–H groups in total. The Bertz CT molecular complexity index is 5840. The summed E-state index contributed by atoms with van der Waals surface area (Å²) in [5.74, 6) is 58.4. The molecule has 0 spiro atoms. The minimum absolute atomic E-state index is 0.372. The highest BCUT2D eigenvalue weighted by Crippen LogP contribution is 2.48. The molecule has 13 rings (SSSR count). The highest BCUT2D eigenvalue weighted by Gasteiger charge is 2.40. The average Bonchev–Trinajstić information content (AvgIpc) is 0.735. The maximum atomic E-state index is 10.1. The van der Waals surface area contributed by atoms with E-state index >= 15 is 0 Å². The van der Waals surface area contributed by atoms with Crippen LogP contribution < -0.4 is 0 Å². The van der Waals surface area contributed by atoms with Crippen LogP contribution in [-0.2, 0) is 10.8 Å². The maximum absolute atomic E-state index is 10.1. The minimum atomic E-state index is -1.09. The largest absolute Gasteiger partial charge is 0.378 e. The van der Waals surface area contributed by atoms with Crippen molar-refractivity contribution in [3.05, 3.63) is 452 Å². The van der Waals surface area contributed by atoms with Crippen LogP contribution in [0.25, 0.3) is 0 Å². The molecule has 0 heterocycles. The normalized spacial score (nSPS) is 10.9. The summed E-state index contributed by atoms with van der Waals surface area (Å²) in [7, 11) is 0. The zero-order chi connectivity index (χ0) is 88.7. The fourth-order valence-electron chi connectivity index (χ4n) is 12.9. The van der Waals surface area contributed by atoms with Crippen LogP contribution in [0.1, 0.15) is 192 Å². The predicted molar refractivity (Wildman–Crippen MR) is 540 cm³/mol.